The Morgan fingerprint density at radius 3 is 2.70 bits per heavy atom. The van der Waals surface area contributed by atoms with E-state index in [0.717, 1.165) is 37.5 Å². The second kappa shape index (κ2) is 8.22. The second-order valence-corrected chi connectivity index (χ2v) is 6.83. The quantitative estimate of drug-likeness (QED) is 0.532. The number of piperidine rings is 1. The van der Waals surface area contributed by atoms with Gasteiger partial charge in [-0.1, -0.05) is 19.4 Å². The maximum absolute atomic E-state index is 12.5. The Bertz CT molecular complexity index is 825. The molecule has 2 heterocycles. The topological polar surface area (TPSA) is 112 Å². The van der Waals surface area contributed by atoms with E-state index in [1.165, 1.54) is 18.7 Å². The minimum absolute atomic E-state index is 0.117. The van der Waals surface area contributed by atoms with E-state index in [1.807, 2.05) is 12.1 Å². The number of hydrogen-bond acceptors (Lipinski definition) is 5. The van der Waals surface area contributed by atoms with Crippen LogP contribution in [0.3, 0.4) is 0 Å². The van der Waals surface area contributed by atoms with E-state index in [9.17, 15) is 20.0 Å². The smallest absolute Gasteiger partial charge is 0.287 e. The van der Waals surface area contributed by atoms with Crippen LogP contribution in [0.25, 0.3) is 0 Å². The summed E-state index contributed by atoms with van der Waals surface area (Å²) >= 11 is 0. The van der Waals surface area contributed by atoms with Crippen LogP contribution < -0.4 is 10.2 Å². The van der Waals surface area contributed by atoms with Gasteiger partial charge in [0.2, 0.25) is 0 Å². The van der Waals surface area contributed by atoms with Crippen LogP contribution in [0.2, 0.25) is 0 Å². The van der Waals surface area contributed by atoms with E-state index in [0.29, 0.717) is 11.3 Å². The van der Waals surface area contributed by atoms with E-state index in [1.54, 1.807) is 6.07 Å². The van der Waals surface area contributed by atoms with Crippen molar-refractivity contribution in [2.45, 2.75) is 32.8 Å². The molecule has 1 aromatic heterocycles. The highest BCUT2D eigenvalue weighted by Crippen LogP contribution is 2.32. The maximum atomic E-state index is 12.5. The van der Waals surface area contributed by atoms with Crippen LogP contribution in [0, 0.1) is 16.0 Å². The molecule has 0 saturated carbocycles. The van der Waals surface area contributed by atoms with E-state index in [2.05, 4.69) is 22.1 Å². The fourth-order valence-corrected chi connectivity index (χ4v) is 3.45. The van der Waals surface area contributed by atoms with Crippen molar-refractivity contribution in [3.05, 3.63) is 51.8 Å². The molecular weight excluding hydrogens is 348 g/mol. The van der Waals surface area contributed by atoms with Gasteiger partial charge in [-0.2, -0.15) is 0 Å². The molecule has 8 nitrogen and oxygen atoms in total. The van der Waals surface area contributed by atoms with Crippen LogP contribution in [0.5, 0.6) is 0 Å². The van der Waals surface area contributed by atoms with Crippen molar-refractivity contribution in [2.24, 2.45) is 5.92 Å². The highest BCUT2D eigenvalue weighted by atomic mass is 16.6. The molecule has 1 amide bonds. The summed E-state index contributed by atoms with van der Waals surface area (Å²) in [6, 6.07) is 6.70. The van der Waals surface area contributed by atoms with Gasteiger partial charge < -0.3 is 20.3 Å². The number of aliphatic hydroxyl groups is 1. The standard InChI is InChI=1S/C19H24N4O4/c1-2-13-5-7-22(8-6-13)18-4-3-14(12-24)9-16(18)21-19(25)17-10-15(11-20-17)23(26)27/h3-4,9-11,13,20,24H,2,5-8,12H2,1H3,(H,21,25). The number of nitrogens with one attached hydrogen (secondary N) is 2. The lowest BCUT2D eigenvalue weighted by Gasteiger charge is -2.34. The van der Waals surface area contributed by atoms with Gasteiger partial charge >= 0.3 is 0 Å². The number of aromatic amines is 1. The minimum Gasteiger partial charge on any atom is -0.392 e. The van der Waals surface area contributed by atoms with Crippen LogP contribution in [0.1, 0.15) is 42.2 Å². The van der Waals surface area contributed by atoms with Gasteiger partial charge in [0.05, 0.1) is 29.1 Å². The van der Waals surface area contributed by atoms with Crippen LogP contribution in [0.4, 0.5) is 17.1 Å². The molecule has 3 N–H and O–H groups in total. The van der Waals surface area contributed by atoms with Crippen LogP contribution >= 0.6 is 0 Å². The fraction of sp³-hybridized carbons (Fsp3) is 0.421. The first-order chi connectivity index (χ1) is 13.0. The third-order valence-corrected chi connectivity index (χ3v) is 5.15. The zero-order valence-electron chi connectivity index (χ0n) is 15.3. The zero-order valence-corrected chi connectivity index (χ0v) is 15.3. The summed E-state index contributed by atoms with van der Waals surface area (Å²) < 4.78 is 0. The molecule has 0 spiro atoms. The number of anilines is 2. The van der Waals surface area contributed by atoms with Gasteiger partial charge in [-0.3, -0.25) is 14.9 Å². The third kappa shape index (κ3) is 4.28. The van der Waals surface area contributed by atoms with Gasteiger partial charge in [0.25, 0.3) is 11.6 Å². The van der Waals surface area contributed by atoms with E-state index in [4.69, 9.17) is 0 Å². The van der Waals surface area contributed by atoms with E-state index in [-0.39, 0.29) is 18.0 Å². The average molecular weight is 372 g/mol. The molecule has 144 valence electrons. The molecule has 3 rings (SSSR count). The lowest BCUT2D eigenvalue weighted by atomic mass is 9.94. The Labute approximate surface area is 157 Å². The lowest BCUT2D eigenvalue weighted by molar-refractivity contribution is -0.384. The molecule has 1 aromatic carbocycles. The lowest BCUT2D eigenvalue weighted by Crippen LogP contribution is -2.34. The summed E-state index contributed by atoms with van der Waals surface area (Å²) in [4.78, 5) is 27.7. The van der Waals surface area contributed by atoms with Crippen LogP contribution in [-0.4, -0.2) is 34.0 Å². The molecule has 0 aliphatic carbocycles. The molecule has 2 aromatic rings. The predicted octanol–water partition coefficient (Wildman–Crippen LogP) is 3.29. The first-order valence-corrected chi connectivity index (χ1v) is 9.14. The van der Waals surface area contributed by atoms with Crippen molar-refractivity contribution in [1.29, 1.82) is 0 Å². The van der Waals surface area contributed by atoms with Crippen molar-refractivity contribution >= 4 is 23.0 Å². The Balaban J connectivity index is 1.82. The largest absolute Gasteiger partial charge is 0.392 e. The third-order valence-electron chi connectivity index (χ3n) is 5.15. The first-order valence-electron chi connectivity index (χ1n) is 9.14. The number of carbonyl (C=O) groups is 1. The van der Waals surface area contributed by atoms with Gasteiger partial charge in [-0.25, -0.2) is 0 Å². The first kappa shape index (κ1) is 18.9. The zero-order chi connectivity index (χ0) is 19.4. The Morgan fingerprint density at radius 2 is 2.11 bits per heavy atom. The van der Waals surface area contributed by atoms with Gasteiger partial charge in [-0.05, 0) is 36.5 Å². The molecule has 0 bridgehead atoms. The van der Waals surface area contributed by atoms with Crippen molar-refractivity contribution in [1.82, 2.24) is 4.98 Å². The summed E-state index contributed by atoms with van der Waals surface area (Å²) in [5.41, 5.74) is 2.14. The number of nitro groups is 1. The van der Waals surface area contributed by atoms with E-state index >= 15 is 0 Å². The summed E-state index contributed by atoms with van der Waals surface area (Å²) in [7, 11) is 0. The van der Waals surface area contributed by atoms with Crippen molar-refractivity contribution in [3.8, 4) is 0 Å². The number of benzene rings is 1. The number of aromatic nitrogens is 1. The highest BCUT2D eigenvalue weighted by molar-refractivity contribution is 6.05. The Hall–Kier alpha value is -2.87. The number of aliphatic hydroxyl groups excluding tert-OH is 1. The number of H-pyrrole nitrogens is 1. The SMILES string of the molecule is CCC1CCN(c2ccc(CO)cc2NC(=O)c2cc([N+](=O)[O-])c[nH]2)CC1. The number of amides is 1. The van der Waals surface area contributed by atoms with Crippen LogP contribution in [-0.2, 0) is 6.61 Å². The second-order valence-electron chi connectivity index (χ2n) is 6.83. The molecule has 1 fully saturated rings. The normalized spacial score (nSPS) is 15.0. The van der Waals surface area contributed by atoms with Gasteiger partial charge in [0.1, 0.15) is 5.69 Å². The molecule has 1 aliphatic rings. The van der Waals surface area contributed by atoms with Gasteiger partial charge in [-0.15, -0.1) is 0 Å². The fourth-order valence-electron chi connectivity index (χ4n) is 3.45. The number of rotatable bonds is 6. The average Bonchev–Trinajstić information content (AvgIpc) is 3.19. The summed E-state index contributed by atoms with van der Waals surface area (Å²) in [5.74, 6) is 0.276. The summed E-state index contributed by atoms with van der Waals surface area (Å²) in [6.07, 6.45) is 4.57. The molecule has 0 unspecified atom stereocenters. The number of hydrogen-bond donors (Lipinski definition) is 3. The predicted molar refractivity (Wildman–Crippen MR) is 103 cm³/mol. The Kier molecular flexibility index (Phi) is 5.75. The molecule has 1 saturated heterocycles. The molecule has 0 radical (unpaired) electrons. The van der Waals surface area contributed by atoms with E-state index < -0.39 is 10.8 Å². The van der Waals surface area contributed by atoms with Crippen molar-refractivity contribution in [2.75, 3.05) is 23.3 Å². The maximum Gasteiger partial charge on any atom is 0.287 e. The van der Waals surface area contributed by atoms with Crippen molar-refractivity contribution in [3.63, 3.8) is 0 Å². The molecule has 27 heavy (non-hydrogen) atoms. The molecule has 0 atom stereocenters. The minimum atomic E-state index is -0.553. The molecule has 1 aliphatic heterocycles. The summed E-state index contributed by atoms with van der Waals surface area (Å²) in [6.45, 7) is 3.90. The summed E-state index contributed by atoms with van der Waals surface area (Å²) in [5, 5.41) is 23.1. The molecule has 8 heteroatoms. The monoisotopic (exact) mass is 372 g/mol. The van der Waals surface area contributed by atoms with Gasteiger partial charge in [0, 0.05) is 19.2 Å². The van der Waals surface area contributed by atoms with Gasteiger partial charge in [0.15, 0.2) is 0 Å². The number of nitrogens with zero attached hydrogens (tertiary/aromatic N) is 2. The molecular formula is C19H24N4O4. The van der Waals surface area contributed by atoms with Crippen molar-refractivity contribution < 1.29 is 14.8 Å². The Morgan fingerprint density at radius 1 is 1.37 bits per heavy atom. The number of carbonyl (C=O) groups excluding carboxylic acids is 1. The van der Waals surface area contributed by atoms with Crippen LogP contribution in [0.15, 0.2) is 30.5 Å². The highest BCUT2D eigenvalue weighted by Gasteiger charge is 2.22.